The molecule has 1 aliphatic rings. The van der Waals surface area contributed by atoms with Crippen molar-refractivity contribution in [1.29, 1.82) is 0 Å². The van der Waals surface area contributed by atoms with E-state index < -0.39 is 6.10 Å². The third-order valence-corrected chi connectivity index (χ3v) is 2.35. The molecule has 1 rings (SSSR count). The maximum Gasteiger partial charge on any atom is 0.0897 e. The molecule has 1 saturated heterocycles. The topological polar surface area (TPSA) is 50.7 Å². The summed E-state index contributed by atoms with van der Waals surface area (Å²) in [6.45, 7) is 8.31. The summed E-state index contributed by atoms with van der Waals surface area (Å²) in [4.78, 5) is 0. The molecule has 1 unspecified atom stereocenters. The van der Waals surface area contributed by atoms with E-state index in [0.29, 0.717) is 19.8 Å². The molecule has 0 aliphatic carbocycles. The van der Waals surface area contributed by atoms with Crippen LogP contribution in [0.4, 0.5) is 0 Å². The van der Waals surface area contributed by atoms with Crippen LogP contribution in [0.3, 0.4) is 0 Å². The van der Waals surface area contributed by atoms with Gasteiger partial charge in [0.05, 0.1) is 25.9 Å². The predicted octanol–water partition coefficient (Wildman–Crippen LogP) is 0.00990. The number of hydrogen-bond donors (Lipinski definition) is 2. The fraction of sp³-hybridized carbons (Fsp3) is 1.00. The minimum atomic E-state index is -0.403. The van der Waals surface area contributed by atoms with Crippen LogP contribution < -0.4 is 5.32 Å². The summed E-state index contributed by atoms with van der Waals surface area (Å²) in [5, 5.41) is 12.7. The highest BCUT2D eigenvalue weighted by Crippen LogP contribution is 2.24. The van der Waals surface area contributed by atoms with Crippen molar-refractivity contribution >= 4 is 0 Å². The molecule has 14 heavy (non-hydrogen) atoms. The van der Waals surface area contributed by atoms with Crippen LogP contribution in [0.25, 0.3) is 0 Å². The molecule has 2 N–H and O–H groups in total. The Balaban J connectivity index is 1.97. The van der Waals surface area contributed by atoms with E-state index in [1.807, 2.05) is 6.92 Å². The van der Waals surface area contributed by atoms with E-state index in [9.17, 15) is 5.11 Å². The predicted molar refractivity (Wildman–Crippen MR) is 54.3 cm³/mol. The van der Waals surface area contributed by atoms with Gasteiger partial charge in [-0.1, -0.05) is 6.92 Å². The van der Waals surface area contributed by atoms with Crippen LogP contribution in [0.1, 0.15) is 13.8 Å². The molecule has 4 heteroatoms. The minimum absolute atomic E-state index is 0.269. The normalized spacial score (nSPS) is 21.6. The number of rotatable bonds is 7. The summed E-state index contributed by atoms with van der Waals surface area (Å²) in [7, 11) is 0. The van der Waals surface area contributed by atoms with Crippen molar-refractivity contribution in [3.63, 3.8) is 0 Å². The van der Waals surface area contributed by atoms with Crippen molar-refractivity contribution in [2.24, 2.45) is 5.41 Å². The van der Waals surface area contributed by atoms with Crippen LogP contribution in [-0.4, -0.2) is 50.7 Å². The highest BCUT2D eigenvalue weighted by molar-refractivity contribution is 4.83. The summed E-state index contributed by atoms with van der Waals surface area (Å²) in [5.74, 6) is 0. The van der Waals surface area contributed by atoms with Crippen LogP contribution >= 0.6 is 0 Å². The van der Waals surface area contributed by atoms with Gasteiger partial charge >= 0.3 is 0 Å². The van der Waals surface area contributed by atoms with Gasteiger partial charge in [-0.2, -0.15) is 0 Å². The molecule has 84 valence electrons. The number of nitrogens with one attached hydrogen (secondary N) is 1. The van der Waals surface area contributed by atoms with Crippen molar-refractivity contribution < 1.29 is 14.6 Å². The molecule has 0 aromatic rings. The first-order valence-electron chi connectivity index (χ1n) is 5.20. The summed E-state index contributed by atoms with van der Waals surface area (Å²) >= 11 is 0. The Hall–Kier alpha value is -0.160. The molecular weight excluding hydrogens is 182 g/mol. The fourth-order valence-electron chi connectivity index (χ4n) is 1.41. The summed E-state index contributed by atoms with van der Waals surface area (Å²) in [6.07, 6.45) is -0.403. The molecule has 1 heterocycles. The smallest absolute Gasteiger partial charge is 0.0897 e. The van der Waals surface area contributed by atoms with Crippen molar-refractivity contribution in [3.05, 3.63) is 0 Å². The molecule has 0 amide bonds. The van der Waals surface area contributed by atoms with E-state index in [1.165, 1.54) is 0 Å². The molecule has 0 aromatic heterocycles. The lowest BCUT2D eigenvalue weighted by Gasteiger charge is -2.38. The molecule has 0 radical (unpaired) electrons. The van der Waals surface area contributed by atoms with Crippen molar-refractivity contribution in [3.8, 4) is 0 Å². The lowest BCUT2D eigenvalue weighted by molar-refractivity contribution is -0.1000. The highest BCUT2D eigenvalue weighted by Gasteiger charge is 2.32. The zero-order chi connectivity index (χ0) is 10.4. The van der Waals surface area contributed by atoms with Gasteiger partial charge in [0.1, 0.15) is 0 Å². The summed E-state index contributed by atoms with van der Waals surface area (Å²) in [6, 6.07) is 0. The van der Waals surface area contributed by atoms with E-state index in [0.717, 1.165) is 19.8 Å². The van der Waals surface area contributed by atoms with Crippen LogP contribution in [-0.2, 0) is 9.47 Å². The maximum absolute atomic E-state index is 9.45. The monoisotopic (exact) mass is 203 g/mol. The number of aliphatic hydroxyl groups is 1. The molecule has 0 bridgehead atoms. The second-order valence-electron chi connectivity index (χ2n) is 4.25. The average molecular weight is 203 g/mol. The largest absolute Gasteiger partial charge is 0.389 e. The molecule has 1 atom stereocenters. The zero-order valence-electron chi connectivity index (χ0n) is 9.08. The number of aliphatic hydroxyl groups excluding tert-OH is 1. The second-order valence-corrected chi connectivity index (χ2v) is 4.25. The van der Waals surface area contributed by atoms with Crippen molar-refractivity contribution in [1.82, 2.24) is 5.32 Å². The quantitative estimate of drug-likeness (QED) is 0.612. The van der Waals surface area contributed by atoms with Crippen LogP contribution in [0.5, 0.6) is 0 Å². The molecule has 0 spiro atoms. The molecule has 0 saturated carbocycles. The van der Waals surface area contributed by atoms with Crippen LogP contribution in [0.15, 0.2) is 0 Å². The van der Waals surface area contributed by atoms with Gasteiger partial charge in [0.15, 0.2) is 0 Å². The lowest BCUT2D eigenvalue weighted by Crippen LogP contribution is -2.48. The van der Waals surface area contributed by atoms with Crippen molar-refractivity contribution in [2.75, 3.05) is 39.5 Å². The van der Waals surface area contributed by atoms with Gasteiger partial charge in [-0.15, -0.1) is 0 Å². The molecular formula is C10H21NO3. The van der Waals surface area contributed by atoms with E-state index in [2.05, 4.69) is 12.2 Å². The van der Waals surface area contributed by atoms with Crippen molar-refractivity contribution in [2.45, 2.75) is 20.0 Å². The maximum atomic E-state index is 9.45. The van der Waals surface area contributed by atoms with Gasteiger partial charge in [0.2, 0.25) is 0 Å². The number of hydrogen-bond acceptors (Lipinski definition) is 4. The van der Waals surface area contributed by atoms with E-state index in [-0.39, 0.29) is 5.41 Å². The van der Waals surface area contributed by atoms with E-state index in [1.54, 1.807) is 0 Å². The Morgan fingerprint density at radius 1 is 1.57 bits per heavy atom. The SMILES string of the molecule is CCOCC(O)CNCC1(C)COC1. The van der Waals surface area contributed by atoms with Crippen LogP contribution in [0.2, 0.25) is 0 Å². The zero-order valence-corrected chi connectivity index (χ0v) is 9.08. The summed E-state index contributed by atoms with van der Waals surface area (Å²) < 4.78 is 10.2. The van der Waals surface area contributed by atoms with Gasteiger partial charge in [-0.25, -0.2) is 0 Å². The standard InChI is InChI=1S/C10H21NO3/c1-3-13-5-9(12)4-11-6-10(2)7-14-8-10/h9,11-12H,3-8H2,1-2H3. The summed E-state index contributed by atoms with van der Waals surface area (Å²) in [5.41, 5.74) is 0.269. The Bertz CT molecular complexity index is 159. The van der Waals surface area contributed by atoms with Gasteiger partial charge in [0.25, 0.3) is 0 Å². The molecule has 0 aromatic carbocycles. The average Bonchev–Trinajstić information content (AvgIpc) is 2.12. The minimum Gasteiger partial charge on any atom is -0.389 e. The van der Waals surface area contributed by atoms with Gasteiger partial charge in [-0.05, 0) is 6.92 Å². The fourth-order valence-corrected chi connectivity index (χ4v) is 1.41. The first-order valence-corrected chi connectivity index (χ1v) is 5.20. The Labute approximate surface area is 85.6 Å². The van der Waals surface area contributed by atoms with Gasteiger partial charge in [0, 0.05) is 25.1 Å². The highest BCUT2D eigenvalue weighted by atomic mass is 16.5. The lowest BCUT2D eigenvalue weighted by atomic mass is 9.89. The Kier molecular flexibility index (Phi) is 4.81. The van der Waals surface area contributed by atoms with Crippen LogP contribution in [0, 0.1) is 5.41 Å². The first kappa shape index (κ1) is 11.9. The Morgan fingerprint density at radius 3 is 2.79 bits per heavy atom. The first-order chi connectivity index (χ1) is 6.66. The third-order valence-electron chi connectivity index (χ3n) is 2.35. The van der Waals surface area contributed by atoms with E-state index in [4.69, 9.17) is 9.47 Å². The third kappa shape index (κ3) is 3.92. The van der Waals surface area contributed by atoms with Gasteiger partial charge in [-0.3, -0.25) is 0 Å². The molecule has 1 aliphatic heterocycles. The molecule has 4 nitrogen and oxygen atoms in total. The Morgan fingerprint density at radius 2 is 2.29 bits per heavy atom. The number of ether oxygens (including phenoxy) is 2. The van der Waals surface area contributed by atoms with E-state index >= 15 is 0 Å². The second kappa shape index (κ2) is 5.66. The molecule has 1 fully saturated rings. The van der Waals surface area contributed by atoms with Gasteiger partial charge < -0.3 is 19.9 Å².